The second-order valence-corrected chi connectivity index (χ2v) is 11.0. The van der Waals surface area contributed by atoms with Gasteiger partial charge in [0, 0.05) is 28.3 Å². The molecule has 5 rings (SSSR count). The van der Waals surface area contributed by atoms with Crippen LogP contribution in [0.3, 0.4) is 0 Å². The van der Waals surface area contributed by atoms with E-state index < -0.39 is 17.1 Å². The molecule has 0 aliphatic heterocycles. The highest BCUT2D eigenvalue weighted by Crippen LogP contribution is 2.38. The first-order valence-corrected chi connectivity index (χ1v) is 15.1. The molecule has 3 N–H and O–H groups in total. The first kappa shape index (κ1) is 31.7. The maximum Gasteiger partial charge on any atom is 0.272 e. The van der Waals surface area contributed by atoms with Crippen molar-refractivity contribution in [3.8, 4) is 11.5 Å². The van der Waals surface area contributed by atoms with Crippen molar-refractivity contribution < 1.29 is 28.3 Å². The summed E-state index contributed by atoms with van der Waals surface area (Å²) >= 11 is 1.32. The van der Waals surface area contributed by atoms with Crippen LogP contribution < -0.4 is 25.4 Å². The zero-order chi connectivity index (χ0) is 32.3. The van der Waals surface area contributed by atoms with Gasteiger partial charge in [0.25, 0.3) is 11.8 Å². The fraction of sp³-hybridized carbons (Fsp3) is 0.0833. The Hall–Kier alpha value is -5.74. The number of anilines is 2. The molecule has 1 atom stereocenters. The number of amides is 3. The largest absolute Gasteiger partial charge is 0.497 e. The quantitative estimate of drug-likeness (QED) is 0.0984. The summed E-state index contributed by atoms with van der Waals surface area (Å²) < 4.78 is 16.2. The van der Waals surface area contributed by atoms with Crippen molar-refractivity contribution in [3.63, 3.8) is 0 Å². The molecule has 0 fully saturated rings. The van der Waals surface area contributed by atoms with Crippen molar-refractivity contribution in [1.29, 1.82) is 0 Å². The number of hydrogen-bond acceptors (Lipinski definition) is 7. The summed E-state index contributed by atoms with van der Waals surface area (Å²) in [6.07, 6.45) is 2.93. The summed E-state index contributed by atoms with van der Waals surface area (Å²) in [7, 11) is 3.08. The predicted molar refractivity (Wildman–Crippen MR) is 179 cm³/mol. The molecule has 46 heavy (non-hydrogen) atoms. The zero-order valence-corrected chi connectivity index (χ0v) is 25.9. The van der Waals surface area contributed by atoms with Crippen LogP contribution in [0.1, 0.15) is 26.9 Å². The molecule has 0 spiro atoms. The molecular formula is C36H31N3O6S. The Morgan fingerprint density at radius 1 is 0.783 bits per heavy atom. The van der Waals surface area contributed by atoms with Crippen molar-refractivity contribution in [2.45, 2.75) is 10.1 Å². The van der Waals surface area contributed by atoms with Crippen LogP contribution in [0, 0.1) is 0 Å². The van der Waals surface area contributed by atoms with Crippen LogP contribution >= 0.6 is 11.8 Å². The summed E-state index contributed by atoms with van der Waals surface area (Å²) in [5.41, 5.74) is 2.12. The maximum absolute atomic E-state index is 13.8. The highest BCUT2D eigenvalue weighted by Gasteiger charge is 2.24. The van der Waals surface area contributed by atoms with E-state index >= 15 is 0 Å². The SMILES string of the molecule is COc1ccc(OC)c(NC(=O)C(Sc2cccc(NC(=O)/C(=C/c3ccco3)NC(=O)c3ccccc3)c2)c2ccccc2)c1. The Morgan fingerprint density at radius 2 is 1.54 bits per heavy atom. The Balaban J connectivity index is 1.37. The molecule has 10 heteroatoms. The summed E-state index contributed by atoms with van der Waals surface area (Å²) in [5, 5.41) is 7.87. The van der Waals surface area contributed by atoms with Gasteiger partial charge in [-0.05, 0) is 60.2 Å². The number of nitrogens with one attached hydrogen (secondary N) is 3. The molecule has 1 unspecified atom stereocenters. The molecule has 4 aromatic carbocycles. The van der Waals surface area contributed by atoms with E-state index in [1.165, 1.54) is 31.2 Å². The van der Waals surface area contributed by atoms with Crippen molar-refractivity contribution in [2.24, 2.45) is 0 Å². The van der Waals surface area contributed by atoms with Gasteiger partial charge in [0.1, 0.15) is 28.2 Å². The van der Waals surface area contributed by atoms with Gasteiger partial charge in [-0.1, -0.05) is 54.6 Å². The molecule has 0 saturated heterocycles. The number of carbonyl (C=O) groups is 3. The molecule has 3 amide bonds. The van der Waals surface area contributed by atoms with Crippen LogP contribution in [0.2, 0.25) is 0 Å². The Kier molecular flexibility index (Phi) is 10.5. The van der Waals surface area contributed by atoms with Crippen LogP contribution in [-0.2, 0) is 9.59 Å². The summed E-state index contributed by atoms with van der Waals surface area (Å²) in [6, 6.07) is 33.6. The van der Waals surface area contributed by atoms with Crippen LogP contribution in [0.15, 0.2) is 137 Å². The second-order valence-electron chi connectivity index (χ2n) is 9.84. The van der Waals surface area contributed by atoms with E-state index in [0.29, 0.717) is 34.2 Å². The molecule has 0 radical (unpaired) electrons. The zero-order valence-electron chi connectivity index (χ0n) is 25.1. The van der Waals surface area contributed by atoms with Gasteiger partial charge in [0.15, 0.2) is 0 Å². The lowest BCUT2D eigenvalue weighted by molar-refractivity contribution is -0.116. The van der Waals surface area contributed by atoms with E-state index in [9.17, 15) is 14.4 Å². The number of rotatable bonds is 12. The molecule has 5 aromatic rings. The third kappa shape index (κ3) is 8.25. The average molecular weight is 634 g/mol. The van der Waals surface area contributed by atoms with Gasteiger partial charge in [-0.25, -0.2) is 0 Å². The minimum absolute atomic E-state index is 0.00404. The number of hydrogen-bond donors (Lipinski definition) is 3. The maximum atomic E-state index is 13.8. The van der Waals surface area contributed by atoms with Crippen molar-refractivity contribution in [3.05, 3.63) is 144 Å². The molecule has 1 heterocycles. The molecule has 0 aliphatic rings. The first-order chi connectivity index (χ1) is 22.4. The summed E-state index contributed by atoms with van der Waals surface area (Å²) in [4.78, 5) is 40.8. The lowest BCUT2D eigenvalue weighted by Crippen LogP contribution is -2.30. The molecule has 232 valence electrons. The summed E-state index contributed by atoms with van der Waals surface area (Å²) in [6.45, 7) is 0. The average Bonchev–Trinajstić information content (AvgIpc) is 3.61. The number of methoxy groups -OCH3 is 2. The van der Waals surface area contributed by atoms with E-state index in [0.717, 1.165) is 10.5 Å². The topological polar surface area (TPSA) is 119 Å². The molecule has 0 bridgehead atoms. The molecule has 0 aliphatic carbocycles. The third-order valence-corrected chi connectivity index (χ3v) is 7.96. The Morgan fingerprint density at radius 3 is 2.24 bits per heavy atom. The van der Waals surface area contributed by atoms with Crippen LogP contribution in [0.4, 0.5) is 11.4 Å². The van der Waals surface area contributed by atoms with Crippen LogP contribution in [-0.4, -0.2) is 31.9 Å². The third-order valence-electron chi connectivity index (χ3n) is 6.71. The minimum atomic E-state index is -0.650. The summed E-state index contributed by atoms with van der Waals surface area (Å²) in [5.74, 6) is 0.196. The van der Waals surface area contributed by atoms with Gasteiger partial charge in [-0.3, -0.25) is 14.4 Å². The normalized spacial score (nSPS) is 11.7. The first-order valence-electron chi connectivity index (χ1n) is 14.2. The number of furan rings is 1. The predicted octanol–water partition coefficient (Wildman–Crippen LogP) is 7.18. The Bertz CT molecular complexity index is 1830. The van der Waals surface area contributed by atoms with Crippen LogP contribution in [0.25, 0.3) is 6.08 Å². The molecule has 1 aromatic heterocycles. The molecular weight excluding hydrogens is 602 g/mol. The smallest absolute Gasteiger partial charge is 0.272 e. The standard InChI is InChI=1S/C36H31N3O6S/c1-43-27-18-19-32(44-2)30(22-27)38-36(42)33(24-11-5-3-6-12-24)46-29-17-9-15-26(21-29)37-35(41)31(23-28-16-10-20-45-28)39-34(40)25-13-7-4-8-14-25/h3-23,33H,1-2H3,(H,37,41)(H,38,42)(H,39,40)/b31-23-. The van der Waals surface area contributed by atoms with Crippen molar-refractivity contribution in [2.75, 3.05) is 24.9 Å². The van der Waals surface area contributed by atoms with Crippen molar-refractivity contribution in [1.82, 2.24) is 5.32 Å². The van der Waals surface area contributed by atoms with E-state index in [4.69, 9.17) is 13.9 Å². The number of thioether (sulfide) groups is 1. The number of carbonyl (C=O) groups excluding carboxylic acids is 3. The van der Waals surface area contributed by atoms with Gasteiger partial charge in [-0.2, -0.15) is 0 Å². The van der Waals surface area contributed by atoms with Crippen LogP contribution in [0.5, 0.6) is 11.5 Å². The monoisotopic (exact) mass is 633 g/mol. The van der Waals surface area contributed by atoms with Crippen molar-refractivity contribution >= 4 is 46.9 Å². The lowest BCUT2D eigenvalue weighted by atomic mass is 10.1. The van der Waals surface area contributed by atoms with E-state index in [1.807, 2.05) is 36.4 Å². The Labute approximate surface area is 270 Å². The number of ether oxygens (including phenoxy) is 2. The van der Waals surface area contributed by atoms with Gasteiger partial charge in [0.2, 0.25) is 5.91 Å². The number of benzene rings is 4. The van der Waals surface area contributed by atoms with E-state index in [-0.39, 0.29) is 11.6 Å². The van der Waals surface area contributed by atoms with Gasteiger partial charge in [0.05, 0.1) is 26.2 Å². The second kappa shape index (κ2) is 15.3. The van der Waals surface area contributed by atoms with Gasteiger partial charge >= 0.3 is 0 Å². The molecule has 9 nitrogen and oxygen atoms in total. The fourth-order valence-electron chi connectivity index (χ4n) is 4.45. The van der Waals surface area contributed by atoms with Gasteiger partial charge < -0.3 is 29.8 Å². The molecule has 0 saturated carbocycles. The highest BCUT2D eigenvalue weighted by molar-refractivity contribution is 8.00. The van der Waals surface area contributed by atoms with E-state index in [2.05, 4.69) is 16.0 Å². The lowest BCUT2D eigenvalue weighted by Gasteiger charge is -2.19. The highest BCUT2D eigenvalue weighted by atomic mass is 32.2. The minimum Gasteiger partial charge on any atom is -0.497 e. The van der Waals surface area contributed by atoms with E-state index in [1.54, 1.807) is 86.0 Å². The van der Waals surface area contributed by atoms with Gasteiger partial charge in [-0.15, -0.1) is 11.8 Å². The fourth-order valence-corrected chi connectivity index (χ4v) is 5.53.